The van der Waals surface area contributed by atoms with Gasteiger partial charge >= 0.3 is 6.03 Å². The van der Waals surface area contributed by atoms with Crippen LogP contribution in [0, 0.1) is 6.92 Å². The molecule has 2 aromatic carbocycles. The molecule has 1 heterocycles. The van der Waals surface area contributed by atoms with Crippen molar-refractivity contribution in [3.8, 4) is 0 Å². The van der Waals surface area contributed by atoms with Crippen LogP contribution >= 0.6 is 11.8 Å². The van der Waals surface area contributed by atoms with Gasteiger partial charge < -0.3 is 16.0 Å². The van der Waals surface area contributed by atoms with Crippen molar-refractivity contribution in [2.75, 3.05) is 16.4 Å². The molecule has 0 saturated heterocycles. The van der Waals surface area contributed by atoms with Gasteiger partial charge in [-0.05, 0) is 36.8 Å². The molecule has 2 aromatic rings. The Bertz CT molecular complexity index is 748. The van der Waals surface area contributed by atoms with Gasteiger partial charge in [0.05, 0.1) is 5.69 Å². The molecule has 0 spiro atoms. The van der Waals surface area contributed by atoms with Crippen molar-refractivity contribution in [2.45, 2.75) is 17.9 Å². The molecule has 1 aliphatic rings. The number of hydrogen-bond acceptors (Lipinski definition) is 3. The van der Waals surface area contributed by atoms with Gasteiger partial charge in [-0.15, -0.1) is 11.8 Å². The molecular formula is C17H17N3O2S. The highest BCUT2D eigenvalue weighted by molar-refractivity contribution is 7.99. The Morgan fingerprint density at radius 3 is 2.87 bits per heavy atom. The summed E-state index contributed by atoms with van der Waals surface area (Å²) in [4.78, 5) is 25.4. The number of nitrogens with one attached hydrogen (secondary N) is 3. The van der Waals surface area contributed by atoms with Gasteiger partial charge in [-0.25, -0.2) is 4.79 Å². The summed E-state index contributed by atoms with van der Waals surface area (Å²) in [6.07, 6.45) is 0. The minimum Gasteiger partial charge on any atom is -0.325 e. The number of carbonyl (C=O) groups is 2. The second-order valence-corrected chi connectivity index (χ2v) is 6.38. The topological polar surface area (TPSA) is 70.2 Å². The number of urea groups is 1. The maximum absolute atomic E-state index is 12.3. The van der Waals surface area contributed by atoms with Crippen molar-refractivity contribution >= 4 is 35.1 Å². The number of benzene rings is 2. The molecule has 1 unspecified atom stereocenters. The number of anilines is 2. The molecule has 0 aliphatic carbocycles. The number of rotatable bonds is 2. The highest BCUT2D eigenvalue weighted by Crippen LogP contribution is 2.30. The van der Waals surface area contributed by atoms with Crippen LogP contribution in [0.25, 0.3) is 0 Å². The summed E-state index contributed by atoms with van der Waals surface area (Å²) >= 11 is 1.55. The van der Waals surface area contributed by atoms with Crippen molar-refractivity contribution in [1.29, 1.82) is 0 Å². The number of para-hydroxylation sites is 1. The summed E-state index contributed by atoms with van der Waals surface area (Å²) in [6, 6.07) is 14.1. The number of amides is 3. The largest absolute Gasteiger partial charge is 0.325 e. The van der Waals surface area contributed by atoms with Gasteiger partial charge in [0.25, 0.3) is 0 Å². The van der Waals surface area contributed by atoms with Crippen molar-refractivity contribution < 1.29 is 9.59 Å². The van der Waals surface area contributed by atoms with Crippen molar-refractivity contribution in [1.82, 2.24) is 5.32 Å². The van der Waals surface area contributed by atoms with Crippen LogP contribution < -0.4 is 16.0 Å². The molecule has 0 saturated carbocycles. The van der Waals surface area contributed by atoms with Crippen molar-refractivity contribution in [3.63, 3.8) is 0 Å². The molecular weight excluding hydrogens is 310 g/mol. The van der Waals surface area contributed by atoms with Crippen LogP contribution in [-0.4, -0.2) is 23.7 Å². The Balaban J connectivity index is 1.64. The molecule has 0 aromatic heterocycles. The lowest BCUT2D eigenvalue weighted by molar-refractivity contribution is -0.117. The van der Waals surface area contributed by atoms with E-state index >= 15 is 0 Å². The fourth-order valence-electron chi connectivity index (χ4n) is 2.32. The van der Waals surface area contributed by atoms with Crippen LogP contribution in [0.3, 0.4) is 0 Å². The molecule has 0 bridgehead atoms. The fraction of sp³-hybridized carbons (Fsp3) is 0.176. The predicted molar refractivity (Wildman–Crippen MR) is 92.9 cm³/mol. The van der Waals surface area contributed by atoms with Gasteiger partial charge in [-0.1, -0.05) is 24.3 Å². The average Bonchev–Trinajstić information content (AvgIpc) is 2.67. The molecule has 1 aliphatic heterocycles. The van der Waals surface area contributed by atoms with E-state index in [0.717, 1.165) is 16.1 Å². The summed E-state index contributed by atoms with van der Waals surface area (Å²) in [5, 5.41) is 8.33. The quantitative estimate of drug-likeness (QED) is 0.793. The summed E-state index contributed by atoms with van der Waals surface area (Å²) in [7, 11) is 0. The molecule has 118 valence electrons. The molecule has 0 radical (unpaired) electrons. The van der Waals surface area contributed by atoms with E-state index in [2.05, 4.69) is 16.0 Å². The van der Waals surface area contributed by atoms with E-state index in [1.807, 2.05) is 55.5 Å². The number of thioether (sulfide) groups is 1. The highest BCUT2D eigenvalue weighted by atomic mass is 32.2. The Morgan fingerprint density at radius 1 is 1.22 bits per heavy atom. The average molecular weight is 327 g/mol. The number of fused-ring (bicyclic) bond motifs is 1. The number of hydrogen-bond donors (Lipinski definition) is 3. The van der Waals surface area contributed by atoms with E-state index in [9.17, 15) is 9.59 Å². The van der Waals surface area contributed by atoms with Gasteiger partial charge in [0.1, 0.15) is 6.04 Å². The first-order valence-electron chi connectivity index (χ1n) is 7.29. The summed E-state index contributed by atoms with van der Waals surface area (Å²) < 4.78 is 0. The normalized spacial score (nSPS) is 16.7. The summed E-state index contributed by atoms with van der Waals surface area (Å²) in [5.41, 5.74) is 2.54. The zero-order valence-electron chi connectivity index (χ0n) is 12.6. The minimum atomic E-state index is -0.586. The third-order valence-electron chi connectivity index (χ3n) is 3.45. The summed E-state index contributed by atoms with van der Waals surface area (Å²) in [6.45, 7) is 1.95. The van der Waals surface area contributed by atoms with Gasteiger partial charge in [0.15, 0.2) is 0 Å². The molecule has 5 nitrogen and oxygen atoms in total. The Morgan fingerprint density at radius 2 is 2.04 bits per heavy atom. The van der Waals surface area contributed by atoms with E-state index in [0.29, 0.717) is 11.4 Å². The molecule has 3 amide bonds. The molecule has 0 fully saturated rings. The van der Waals surface area contributed by atoms with Crippen LogP contribution in [0.4, 0.5) is 16.2 Å². The van der Waals surface area contributed by atoms with Gasteiger partial charge in [0.2, 0.25) is 5.91 Å². The first-order chi connectivity index (χ1) is 11.1. The molecule has 3 rings (SSSR count). The van der Waals surface area contributed by atoms with Crippen molar-refractivity contribution in [3.05, 3.63) is 54.1 Å². The van der Waals surface area contributed by atoms with Gasteiger partial charge in [-0.3, -0.25) is 4.79 Å². The third-order valence-corrected chi connectivity index (χ3v) is 4.62. The number of aryl methyl sites for hydroxylation is 1. The molecule has 3 N–H and O–H groups in total. The first-order valence-corrected chi connectivity index (χ1v) is 8.27. The Hall–Kier alpha value is -2.47. The fourth-order valence-corrected chi connectivity index (χ4v) is 3.35. The van der Waals surface area contributed by atoms with E-state index in [-0.39, 0.29) is 11.9 Å². The summed E-state index contributed by atoms with van der Waals surface area (Å²) in [5.74, 6) is 0.284. The van der Waals surface area contributed by atoms with Crippen molar-refractivity contribution in [2.24, 2.45) is 0 Å². The van der Waals surface area contributed by atoms with E-state index in [1.54, 1.807) is 11.8 Å². The van der Waals surface area contributed by atoms with Crippen LogP contribution in [0.2, 0.25) is 0 Å². The van der Waals surface area contributed by atoms with E-state index < -0.39 is 6.04 Å². The van der Waals surface area contributed by atoms with Gasteiger partial charge in [-0.2, -0.15) is 0 Å². The smallest absolute Gasteiger partial charge is 0.319 e. The lowest BCUT2D eigenvalue weighted by Gasteiger charge is -2.15. The van der Waals surface area contributed by atoms with Crippen LogP contribution in [-0.2, 0) is 4.79 Å². The van der Waals surface area contributed by atoms with Crippen LogP contribution in [0.5, 0.6) is 0 Å². The first kappa shape index (κ1) is 15.4. The number of carbonyl (C=O) groups excluding carboxylic acids is 2. The monoisotopic (exact) mass is 327 g/mol. The van der Waals surface area contributed by atoms with E-state index in [4.69, 9.17) is 0 Å². The third kappa shape index (κ3) is 3.84. The Labute approximate surface area is 138 Å². The molecule has 1 atom stereocenters. The minimum absolute atomic E-state index is 0.207. The highest BCUT2D eigenvalue weighted by Gasteiger charge is 2.25. The van der Waals surface area contributed by atoms with E-state index in [1.165, 1.54) is 0 Å². The second-order valence-electron chi connectivity index (χ2n) is 5.32. The lowest BCUT2D eigenvalue weighted by Crippen LogP contribution is -2.46. The molecule has 23 heavy (non-hydrogen) atoms. The maximum Gasteiger partial charge on any atom is 0.319 e. The van der Waals surface area contributed by atoms with Gasteiger partial charge in [0, 0.05) is 16.3 Å². The van der Waals surface area contributed by atoms with Crippen LogP contribution in [0.1, 0.15) is 5.56 Å². The standard InChI is InChI=1S/C17H17N3O2S/c1-11-5-4-6-12(9-11)18-17(22)20-14-10-23-15-8-3-2-7-13(15)19-16(14)21/h2-9,14H,10H2,1H3,(H,19,21)(H2,18,20,22). The Kier molecular flexibility index (Phi) is 4.52. The zero-order chi connectivity index (χ0) is 16.2. The maximum atomic E-state index is 12.3. The predicted octanol–water partition coefficient (Wildman–Crippen LogP) is 3.23. The molecule has 6 heteroatoms. The zero-order valence-corrected chi connectivity index (χ0v) is 13.4. The van der Waals surface area contributed by atoms with Crippen LogP contribution in [0.15, 0.2) is 53.4 Å². The second kappa shape index (κ2) is 6.75. The lowest BCUT2D eigenvalue weighted by atomic mass is 10.2. The SMILES string of the molecule is Cc1cccc(NC(=O)NC2CSc3ccccc3NC2=O)c1.